The van der Waals surface area contributed by atoms with Crippen molar-refractivity contribution in [3.63, 3.8) is 0 Å². The van der Waals surface area contributed by atoms with Gasteiger partial charge in [-0.15, -0.1) is 0 Å². The number of imidazole rings is 1. The maximum atomic E-state index is 11.3. The van der Waals surface area contributed by atoms with E-state index in [0.29, 0.717) is 23.3 Å². The van der Waals surface area contributed by atoms with Gasteiger partial charge in [-0.3, -0.25) is 9.36 Å². The van der Waals surface area contributed by atoms with Gasteiger partial charge in [-0.2, -0.15) is 11.8 Å². The normalized spacial score (nSPS) is 21.3. The molecule has 39 heavy (non-hydrogen) atoms. The molecule has 1 saturated heterocycles. The topological polar surface area (TPSA) is 267 Å². The molecule has 3 heterocycles. The summed E-state index contributed by atoms with van der Waals surface area (Å²) in [6, 6.07) is 0.931. The first-order valence-corrected chi connectivity index (χ1v) is 12.7. The molecule has 0 aliphatic carbocycles. The Hall–Kier alpha value is -3.90. The Kier molecular flexibility index (Phi) is 9.71. The highest BCUT2D eigenvalue weighted by atomic mass is 32.2. The molecule has 17 heteroatoms. The van der Waals surface area contributed by atoms with Crippen molar-refractivity contribution in [2.24, 2.45) is 0 Å². The van der Waals surface area contributed by atoms with Gasteiger partial charge in [0, 0.05) is 6.54 Å². The van der Waals surface area contributed by atoms with E-state index in [1.54, 1.807) is 11.8 Å². The van der Waals surface area contributed by atoms with Crippen LogP contribution in [0.5, 0.6) is 17.2 Å². The molecule has 5 atom stereocenters. The Morgan fingerprint density at radius 3 is 2.38 bits per heavy atom. The third-order valence-corrected chi connectivity index (χ3v) is 6.43. The van der Waals surface area contributed by atoms with Crippen molar-refractivity contribution in [1.82, 2.24) is 24.8 Å². The average molecular weight is 569 g/mol. The minimum absolute atomic E-state index is 0.0732. The van der Waals surface area contributed by atoms with E-state index >= 15 is 0 Å². The number of aromatic hydroxyl groups is 3. The number of nitrogens with zero attached hydrogens (tertiary/aromatic N) is 4. The van der Waals surface area contributed by atoms with Crippen LogP contribution in [0.1, 0.15) is 23.0 Å². The van der Waals surface area contributed by atoms with Crippen molar-refractivity contribution < 1.29 is 50.1 Å². The molecule has 0 saturated carbocycles. The molecule has 1 aliphatic rings. The number of aromatic carboxylic acids is 1. The quantitative estimate of drug-likeness (QED) is 0.145. The van der Waals surface area contributed by atoms with Crippen molar-refractivity contribution in [3.8, 4) is 17.2 Å². The molecular formula is C22H28N6O10S. The number of nitrogens with one attached hydrogen (secondary N) is 1. The van der Waals surface area contributed by atoms with Crippen molar-refractivity contribution in [2.75, 3.05) is 24.3 Å². The minimum Gasteiger partial charge on any atom is -0.504 e. The van der Waals surface area contributed by atoms with Crippen LogP contribution in [0.2, 0.25) is 0 Å². The number of thioether (sulfide) groups is 1. The SMILES string of the molecule is CSCCC(NC[C@H]1O[C@@H](n2cnc3c(N)ncnc32)[C@H](O)[C@@H]1O)C(=O)O.O=C(O)c1cc(O)c(O)c(O)c1. The first kappa shape index (κ1) is 29.7. The van der Waals surface area contributed by atoms with Gasteiger partial charge in [-0.05, 0) is 30.6 Å². The molecule has 1 unspecified atom stereocenters. The van der Waals surface area contributed by atoms with Gasteiger partial charge in [0.25, 0.3) is 0 Å². The van der Waals surface area contributed by atoms with E-state index in [2.05, 4.69) is 20.3 Å². The Bertz CT molecular complexity index is 1300. The fourth-order valence-corrected chi connectivity index (χ4v) is 4.19. The first-order chi connectivity index (χ1) is 18.5. The molecule has 1 aromatic carbocycles. The lowest BCUT2D eigenvalue weighted by Crippen LogP contribution is -2.44. The predicted molar refractivity (Wildman–Crippen MR) is 136 cm³/mol. The lowest BCUT2D eigenvalue weighted by Gasteiger charge is -2.19. The number of fused-ring (bicyclic) bond motifs is 1. The second-order valence-electron chi connectivity index (χ2n) is 8.38. The zero-order chi connectivity index (χ0) is 28.9. The summed E-state index contributed by atoms with van der Waals surface area (Å²) >= 11 is 1.55. The van der Waals surface area contributed by atoms with E-state index in [-0.39, 0.29) is 17.9 Å². The van der Waals surface area contributed by atoms with Crippen LogP contribution < -0.4 is 11.1 Å². The van der Waals surface area contributed by atoms with Crippen molar-refractivity contribution in [3.05, 3.63) is 30.4 Å². The Morgan fingerprint density at radius 2 is 1.79 bits per heavy atom. The summed E-state index contributed by atoms with van der Waals surface area (Å²) in [5.74, 6) is -3.42. The number of hydrogen-bond acceptors (Lipinski definition) is 14. The summed E-state index contributed by atoms with van der Waals surface area (Å²) in [6.07, 6.45) is 0.858. The molecule has 212 valence electrons. The number of carbonyl (C=O) groups is 2. The van der Waals surface area contributed by atoms with Crippen LogP contribution in [0.15, 0.2) is 24.8 Å². The number of aliphatic hydroxyl groups excluding tert-OH is 2. The maximum absolute atomic E-state index is 11.3. The number of rotatable bonds is 9. The van der Waals surface area contributed by atoms with Gasteiger partial charge in [0.1, 0.15) is 36.2 Å². The molecule has 0 amide bonds. The second-order valence-corrected chi connectivity index (χ2v) is 9.36. The summed E-state index contributed by atoms with van der Waals surface area (Å²) in [4.78, 5) is 33.7. The highest BCUT2D eigenvalue weighted by Gasteiger charge is 2.44. The molecule has 16 nitrogen and oxygen atoms in total. The van der Waals surface area contributed by atoms with Gasteiger partial charge < -0.3 is 51.5 Å². The second kappa shape index (κ2) is 12.8. The van der Waals surface area contributed by atoms with E-state index in [4.69, 9.17) is 30.9 Å². The Labute approximate surface area is 224 Å². The lowest BCUT2D eigenvalue weighted by molar-refractivity contribution is -0.139. The molecule has 0 radical (unpaired) electrons. The van der Waals surface area contributed by atoms with E-state index in [1.165, 1.54) is 17.2 Å². The summed E-state index contributed by atoms with van der Waals surface area (Å²) in [5, 5.41) is 67.8. The van der Waals surface area contributed by atoms with Crippen LogP contribution in [-0.2, 0) is 9.53 Å². The number of hydrogen-bond donors (Lipinski definition) is 9. The zero-order valence-corrected chi connectivity index (χ0v) is 21.3. The molecule has 10 N–H and O–H groups in total. The van der Waals surface area contributed by atoms with Gasteiger partial charge in [0.2, 0.25) is 0 Å². The maximum Gasteiger partial charge on any atom is 0.335 e. The molecule has 0 spiro atoms. The van der Waals surface area contributed by atoms with Gasteiger partial charge in [-0.1, -0.05) is 0 Å². The third kappa shape index (κ3) is 6.76. The molecular weight excluding hydrogens is 540 g/mol. The predicted octanol–water partition coefficient (Wildman–Crippen LogP) is -0.675. The molecule has 4 rings (SSSR count). The first-order valence-electron chi connectivity index (χ1n) is 11.3. The smallest absolute Gasteiger partial charge is 0.335 e. The monoisotopic (exact) mass is 568 g/mol. The van der Waals surface area contributed by atoms with Gasteiger partial charge >= 0.3 is 11.9 Å². The number of nitrogens with two attached hydrogens (primary N) is 1. The number of aliphatic carboxylic acids is 1. The molecule has 3 aromatic rings. The Morgan fingerprint density at radius 1 is 1.13 bits per heavy atom. The number of aliphatic hydroxyl groups is 2. The van der Waals surface area contributed by atoms with Gasteiger partial charge in [-0.25, -0.2) is 19.7 Å². The van der Waals surface area contributed by atoms with Crippen molar-refractivity contribution in [1.29, 1.82) is 0 Å². The molecule has 1 fully saturated rings. The van der Waals surface area contributed by atoms with Gasteiger partial charge in [0.05, 0.1) is 11.9 Å². The number of carboxylic acids is 2. The third-order valence-electron chi connectivity index (χ3n) is 5.79. The largest absolute Gasteiger partial charge is 0.504 e. The molecule has 0 bridgehead atoms. The van der Waals surface area contributed by atoms with Crippen LogP contribution >= 0.6 is 11.8 Å². The highest BCUT2D eigenvalue weighted by Crippen LogP contribution is 2.35. The number of phenolic OH excluding ortho intramolecular Hbond substituents is 3. The standard InChI is InChI=1S/C15H22N6O5S.C7H6O5/c1-27-3-2-7(15(24)25)17-4-8-10(22)11(23)14(26-8)21-6-20-9-12(16)18-5-19-13(9)21;8-4-1-3(7(11)12)2-5(9)6(4)10/h5-8,10-11,14,17,22-23H,2-4H2,1H3,(H,24,25)(H2,16,18,19);1-2,8-10H,(H,11,12)/t7?,8-,10-,11-,14-;/m1./s1. The molecule has 1 aliphatic heterocycles. The number of phenols is 3. The minimum atomic E-state index is -1.29. The summed E-state index contributed by atoms with van der Waals surface area (Å²) < 4.78 is 7.25. The highest BCUT2D eigenvalue weighted by molar-refractivity contribution is 7.98. The van der Waals surface area contributed by atoms with Crippen molar-refractivity contribution >= 4 is 40.7 Å². The number of ether oxygens (including phenoxy) is 1. The van der Waals surface area contributed by atoms with Crippen LogP contribution in [0.3, 0.4) is 0 Å². The number of carboxylic acid groups (broad SMARTS) is 2. The van der Waals surface area contributed by atoms with E-state index in [1.807, 2.05) is 6.26 Å². The Balaban J connectivity index is 0.000000293. The van der Waals surface area contributed by atoms with Gasteiger partial charge in [0.15, 0.2) is 34.9 Å². The van der Waals surface area contributed by atoms with E-state index in [0.717, 1.165) is 12.1 Å². The lowest BCUT2D eigenvalue weighted by atomic mass is 10.1. The van der Waals surface area contributed by atoms with Crippen molar-refractivity contribution in [2.45, 2.75) is 37.0 Å². The van der Waals surface area contributed by atoms with E-state index < -0.39 is 59.8 Å². The summed E-state index contributed by atoms with van der Waals surface area (Å²) in [6.45, 7) is 0.0732. The summed E-state index contributed by atoms with van der Waals surface area (Å²) in [7, 11) is 0. The van der Waals surface area contributed by atoms with Crippen LogP contribution in [0.25, 0.3) is 11.2 Å². The average Bonchev–Trinajstić information content (AvgIpc) is 3.44. The zero-order valence-electron chi connectivity index (χ0n) is 20.4. The fourth-order valence-electron chi connectivity index (χ4n) is 3.72. The van der Waals surface area contributed by atoms with Crippen LogP contribution in [-0.4, -0.2) is 110 Å². The molecule has 2 aromatic heterocycles. The number of nitrogen functional groups attached to an aromatic ring is 1. The number of anilines is 1. The number of aromatic nitrogens is 4. The van der Waals surface area contributed by atoms with Crippen LogP contribution in [0.4, 0.5) is 5.82 Å². The summed E-state index contributed by atoms with van der Waals surface area (Å²) in [5.41, 5.74) is 6.21. The van der Waals surface area contributed by atoms with Crippen LogP contribution in [0, 0.1) is 0 Å². The van der Waals surface area contributed by atoms with E-state index in [9.17, 15) is 24.9 Å². The fraction of sp³-hybridized carbons (Fsp3) is 0.409. The number of benzene rings is 1.